The van der Waals surface area contributed by atoms with E-state index in [1.807, 2.05) is 66.2 Å². The van der Waals surface area contributed by atoms with E-state index in [-0.39, 0.29) is 5.91 Å². The standard InChI is InChI=1S/C17H15ClN2O/c1-19(14-6-4-3-5-7-14)17(21)16-10-12-8-9-13(18)11-15(12)20(16)2/h3-11H,1-2H3. The third-order valence-electron chi connectivity index (χ3n) is 3.67. The summed E-state index contributed by atoms with van der Waals surface area (Å²) in [6.45, 7) is 0. The van der Waals surface area contributed by atoms with E-state index in [9.17, 15) is 4.79 Å². The molecule has 4 heteroatoms. The van der Waals surface area contributed by atoms with Crippen LogP contribution in [0, 0.1) is 0 Å². The van der Waals surface area contributed by atoms with Crippen molar-refractivity contribution in [1.29, 1.82) is 0 Å². The zero-order chi connectivity index (χ0) is 15.0. The molecule has 3 aromatic rings. The molecule has 0 aliphatic carbocycles. The molecular weight excluding hydrogens is 284 g/mol. The second kappa shape index (κ2) is 5.26. The summed E-state index contributed by atoms with van der Waals surface area (Å²) in [5, 5.41) is 1.67. The van der Waals surface area contributed by atoms with Crippen LogP contribution in [0.25, 0.3) is 10.9 Å². The normalized spacial score (nSPS) is 10.8. The molecule has 0 saturated heterocycles. The molecule has 1 aromatic heterocycles. The number of aromatic nitrogens is 1. The Morgan fingerprint density at radius 1 is 1.10 bits per heavy atom. The van der Waals surface area contributed by atoms with Crippen LogP contribution in [0.15, 0.2) is 54.6 Å². The molecule has 21 heavy (non-hydrogen) atoms. The first-order valence-electron chi connectivity index (χ1n) is 6.66. The predicted molar refractivity (Wildman–Crippen MR) is 87.1 cm³/mol. The van der Waals surface area contributed by atoms with Gasteiger partial charge in [0.05, 0.1) is 0 Å². The Bertz CT molecular complexity index is 808. The van der Waals surface area contributed by atoms with Crippen molar-refractivity contribution in [2.24, 2.45) is 7.05 Å². The van der Waals surface area contributed by atoms with Gasteiger partial charge in [0.25, 0.3) is 5.91 Å². The van der Waals surface area contributed by atoms with Crippen LogP contribution in [0.2, 0.25) is 5.02 Å². The van der Waals surface area contributed by atoms with Gasteiger partial charge in [-0.05, 0) is 30.3 Å². The number of benzene rings is 2. The van der Waals surface area contributed by atoms with Gasteiger partial charge in [-0.3, -0.25) is 4.79 Å². The van der Waals surface area contributed by atoms with Crippen molar-refractivity contribution in [3.63, 3.8) is 0 Å². The molecule has 0 N–H and O–H groups in total. The molecule has 0 fully saturated rings. The third kappa shape index (κ3) is 2.41. The lowest BCUT2D eigenvalue weighted by atomic mass is 10.2. The van der Waals surface area contributed by atoms with Crippen LogP contribution in [0.1, 0.15) is 10.5 Å². The summed E-state index contributed by atoms with van der Waals surface area (Å²) in [4.78, 5) is 14.3. The maximum Gasteiger partial charge on any atom is 0.274 e. The Morgan fingerprint density at radius 3 is 2.52 bits per heavy atom. The van der Waals surface area contributed by atoms with E-state index in [2.05, 4.69) is 0 Å². The van der Waals surface area contributed by atoms with Crippen LogP contribution in [-0.2, 0) is 7.05 Å². The number of nitrogens with zero attached hydrogens (tertiary/aromatic N) is 2. The van der Waals surface area contributed by atoms with Gasteiger partial charge in [0.1, 0.15) is 5.69 Å². The molecule has 0 unspecified atom stereocenters. The number of halogens is 1. The number of amides is 1. The average Bonchev–Trinajstić information content (AvgIpc) is 2.83. The maximum absolute atomic E-state index is 12.7. The van der Waals surface area contributed by atoms with Crippen LogP contribution < -0.4 is 4.90 Å². The van der Waals surface area contributed by atoms with Crippen LogP contribution in [0.3, 0.4) is 0 Å². The molecule has 0 spiro atoms. The minimum atomic E-state index is -0.0453. The summed E-state index contributed by atoms with van der Waals surface area (Å²) in [7, 11) is 3.66. The molecule has 2 aromatic carbocycles. The zero-order valence-electron chi connectivity index (χ0n) is 11.9. The highest BCUT2D eigenvalue weighted by Gasteiger charge is 2.18. The molecule has 0 saturated carbocycles. The maximum atomic E-state index is 12.7. The first-order valence-corrected chi connectivity index (χ1v) is 7.04. The fourth-order valence-corrected chi connectivity index (χ4v) is 2.62. The topological polar surface area (TPSA) is 25.2 Å². The number of anilines is 1. The van der Waals surface area contributed by atoms with Crippen LogP contribution in [0.5, 0.6) is 0 Å². The second-order valence-corrected chi connectivity index (χ2v) is 5.43. The van der Waals surface area contributed by atoms with Gasteiger partial charge in [-0.25, -0.2) is 0 Å². The van der Waals surface area contributed by atoms with Crippen molar-refractivity contribution in [3.05, 3.63) is 65.3 Å². The molecule has 1 heterocycles. The van der Waals surface area contributed by atoms with E-state index in [0.29, 0.717) is 10.7 Å². The number of rotatable bonds is 2. The summed E-state index contributed by atoms with van der Waals surface area (Å²) in [6.07, 6.45) is 0. The molecule has 106 valence electrons. The smallest absolute Gasteiger partial charge is 0.274 e. The molecular formula is C17H15ClN2O. The van der Waals surface area contributed by atoms with E-state index in [1.54, 1.807) is 11.9 Å². The van der Waals surface area contributed by atoms with Gasteiger partial charge in [0.2, 0.25) is 0 Å². The fraction of sp³-hybridized carbons (Fsp3) is 0.118. The number of para-hydroxylation sites is 1. The second-order valence-electron chi connectivity index (χ2n) is 4.99. The van der Waals surface area contributed by atoms with Crippen LogP contribution in [-0.4, -0.2) is 17.5 Å². The SMILES string of the molecule is CN(C(=O)c1cc2ccc(Cl)cc2n1C)c1ccccc1. The number of aryl methyl sites for hydroxylation is 1. The quantitative estimate of drug-likeness (QED) is 0.699. The van der Waals surface area contributed by atoms with Gasteiger partial charge in [-0.15, -0.1) is 0 Å². The van der Waals surface area contributed by atoms with Crippen molar-refractivity contribution in [1.82, 2.24) is 4.57 Å². The summed E-state index contributed by atoms with van der Waals surface area (Å²) in [6, 6.07) is 17.1. The Balaban J connectivity index is 2.04. The van der Waals surface area contributed by atoms with E-state index >= 15 is 0 Å². The Morgan fingerprint density at radius 2 is 1.81 bits per heavy atom. The van der Waals surface area contributed by atoms with Crippen LogP contribution >= 0.6 is 11.6 Å². The number of carbonyl (C=O) groups is 1. The fourth-order valence-electron chi connectivity index (χ4n) is 2.45. The molecule has 3 rings (SSSR count). The molecule has 0 bridgehead atoms. The largest absolute Gasteiger partial charge is 0.340 e. The lowest BCUT2D eigenvalue weighted by Gasteiger charge is -2.17. The van der Waals surface area contributed by atoms with Crippen molar-refractivity contribution in [2.45, 2.75) is 0 Å². The minimum Gasteiger partial charge on any atom is -0.340 e. The van der Waals surface area contributed by atoms with Gasteiger partial charge in [0.15, 0.2) is 0 Å². The molecule has 0 aliphatic heterocycles. The summed E-state index contributed by atoms with van der Waals surface area (Å²) >= 11 is 6.03. The van der Waals surface area contributed by atoms with E-state index in [0.717, 1.165) is 16.6 Å². The highest BCUT2D eigenvalue weighted by molar-refractivity contribution is 6.31. The number of carbonyl (C=O) groups excluding carboxylic acids is 1. The Hall–Kier alpha value is -2.26. The van der Waals surface area contributed by atoms with E-state index in [4.69, 9.17) is 11.6 Å². The first kappa shape index (κ1) is 13.7. The Labute approximate surface area is 128 Å². The molecule has 0 radical (unpaired) electrons. The monoisotopic (exact) mass is 298 g/mol. The van der Waals surface area contributed by atoms with Crippen molar-refractivity contribution in [3.8, 4) is 0 Å². The van der Waals surface area contributed by atoms with Gasteiger partial charge < -0.3 is 9.47 Å². The highest BCUT2D eigenvalue weighted by Crippen LogP contribution is 2.24. The van der Waals surface area contributed by atoms with E-state index in [1.165, 1.54) is 0 Å². The van der Waals surface area contributed by atoms with Crippen molar-refractivity contribution >= 4 is 34.1 Å². The summed E-state index contributed by atoms with van der Waals surface area (Å²) in [5.74, 6) is -0.0453. The van der Waals surface area contributed by atoms with Gasteiger partial charge in [0, 0.05) is 35.7 Å². The Kier molecular flexibility index (Phi) is 3.43. The number of fused-ring (bicyclic) bond motifs is 1. The molecule has 1 amide bonds. The number of hydrogen-bond acceptors (Lipinski definition) is 1. The minimum absolute atomic E-state index is 0.0453. The summed E-state index contributed by atoms with van der Waals surface area (Å²) < 4.78 is 1.88. The molecule has 3 nitrogen and oxygen atoms in total. The molecule has 0 atom stereocenters. The highest BCUT2D eigenvalue weighted by atomic mass is 35.5. The van der Waals surface area contributed by atoms with Crippen molar-refractivity contribution in [2.75, 3.05) is 11.9 Å². The predicted octanol–water partition coefficient (Wildman–Crippen LogP) is 4.11. The number of hydrogen-bond donors (Lipinski definition) is 0. The van der Waals surface area contributed by atoms with Crippen molar-refractivity contribution < 1.29 is 4.79 Å². The lowest BCUT2D eigenvalue weighted by molar-refractivity contribution is 0.0985. The summed E-state index contributed by atoms with van der Waals surface area (Å²) in [5.41, 5.74) is 2.46. The lowest BCUT2D eigenvalue weighted by Crippen LogP contribution is -2.27. The van der Waals surface area contributed by atoms with Gasteiger partial charge in [-0.2, -0.15) is 0 Å². The van der Waals surface area contributed by atoms with Gasteiger partial charge >= 0.3 is 0 Å². The van der Waals surface area contributed by atoms with Crippen LogP contribution in [0.4, 0.5) is 5.69 Å². The zero-order valence-corrected chi connectivity index (χ0v) is 12.6. The third-order valence-corrected chi connectivity index (χ3v) is 3.91. The molecule has 0 aliphatic rings. The first-order chi connectivity index (χ1) is 10.1. The van der Waals surface area contributed by atoms with Gasteiger partial charge in [-0.1, -0.05) is 35.9 Å². The average molecular weight is 299 g/mol. The van der Waals surface area contributed by atoms with E-state index < -0.39 is 0 Å².